The molecule has 0 amide bonds. The smallest absolute Gasteiger partial charge is 0.408 e. The van der Waals surface area contributed by atoms with Gasteiger partial charge in [0.15, 0.2) is 5.58 Å². The van der Waals surface area contributed by atoms with Crippen LogP contribution in [0.2, 0.25) is 10.2 Å². The van der Waals surface area contributed by atoms with Gasteiger partial charge in [-0.15, -0.1) is 0 Å². The molecule has 0 unspecified atom stereocenters. The van der Waals surface area contributed by atoms with Crippen LogP contribution in [0.15, 0.2) is 44.6 Å². The highest BCUT2D eigenvalue weighted by Gasteiger charge is 2.17. The molecular weight excluding hydrogens is 353 g/mol. The molecule has 2 N–H and O–H groups in total. The molecular formula is C12H7Cl2N3O4S. The van der Waals surface area contributed by atoms with E-state index in [-0.39, 0.29) is 26.3 Å². The van der Waals surface area contributed by atoms with E-state index in [9.17, 15) is 13.2 Å². The lowest BCUT2D eigenvalue weighted by atomic mass is 10.3. The summed E-state index contributed by atoms with van der Waals surface area (Å²) in [6, 6.07) is 5.57. The van der Waals surface area contributed by atoms with Crippen molar-refractivity contribution in [3.05, 3.63) is 51.2 Å². The molecule has 22 heavy (non-hydrogen) atoms. The topological polar surface area (TPSA) is 105 Å². The highest BCUT2D eigenvalue weighted by molar-refractivity contribution is 7.92. The molecule has 0 fully saturated rings. The van der Waals surface area contributed by atoms with Gasteiger partial charge in [-0.25, -0.2) is 18.2 Å². The number of rotatable bonds is 3. The largest absolute Gasteiger partial charge is 0.417 e. The molecule has 0 bridgehead atoms. The zero-order valence-electron chi connectivity index (χ0n) is 10.6. The summed E-state index contributed by atoms with van der Waals surface area (Å²) >= 11 is 11.4. The van der Waals surface area contributed by atoms with E-state index < -0.39 is 15.8 Å². The Hall–Kier alpha value is -2.03. The van der Waals surface area contributed by atoms with E-state index in [1.165, 1.54) is 24.3 Å². The number of hydrogen-bond donors (Lipinski definition) is 2. The summed E-state index contributed by atoms with van der Waals surface area (Å²) in [5.74, 6) is -0.622. The van der Waals surface area contributed by atoms with Crippen LogP contribution in [-0.4, -0.2) is 18.4 Å². The Morgan fingerprint density at radius 3 is 2.73 bits per heavy atom. The molecule has 0 saturated heterocycles. The van der Waals surface area contributed by atoms with Crippen LogP contribution in [0.5, 0.6) is 0 Å². The van der Waals surface area contributed by atoms with Gasteiger partial charge in [0.25, 0.3) is 10.0 Å². The molecule has 0 atom stereocenters. The second-order valence-corrected chi connectivity index (χ2v) is 6.72. The standard InChI is InChI=1S/C12H7Cl2N3O4S/c13-8-4-7(5-15-11(8)14)22(19,20)17-6-1-2-9-10(3-6)21-12(18)16-9/h1-5,17H,(H,16,18). The number of aromatic amines is 1. The quantitative estimate of drug-likeness (QED) is 0.699. The molecule has 7 nitrogen and oxygen atoms in total. The van der Waals surface area contributed by atoms with Gasteiger partial charge >= 0.3 is 5.76 Å². The van der Waals surface area contributed by atoms with Gasteiger partial charge in [-0.1, -0.05) is 23.2 Å². The number of H-pyrrole nitrogens is 1. The summed E-state index contributed by atoms with van der Waals surface area (Å²) in [7, 11) is -3.90. The fraction of sp³-hybridized carbons (Fsp3) is 0. The van der Waals surface area contributed by atoms with Gasteiger partial charge in [0, 0.05) is 12.3 Å². The van der Waals surface area contributed by atoms with E-state index in [1.807, 2.05) is 0 Å². The Bertz CT molecular complexity index is 1030. The minimum Gasteiger partial charge on any atom is -0.408 e. The summed E-state index contributed by atoms with van der Waals surface area (Å²) in [6.45, 7) is 0. The molecule has 0 aliphatic carbocycles. The van der Waals surface area contributed by atoms with Crippen molar-refractivity contribution in [2.45, 2.75) is 4.90 Å². The molecule has 0 radical (unpaired) electrons. The molecule has 0 spiro atoms. The van der Waals surface area contributed by atoms with E-state index in [0.29, 0.717) is 5.52 Å². The van der Waals surface area contributed by atoms with Crippen molar-refractivity contribution in [1.29, 1.82) is 0 Å². The van der Waals surface area contributed by atoms with Crippen LogP contribution in [0, 0.1) is 0 Å². The van der Waals surface area contributed by atoms with Crippen LogP contribution in [0.1, 0.15) is 0 Å². The van der Waals surface area contributed by atoms with Crippen molar-refractivity contribution >= 4 is 50.0 Å². The van der Waals surface area contributed by atoms with Gasteiger partial charge < -0.3 is 4.42 Å². The van der Waals surface area contributed by atoms with Gasteiger partial charge in [-0.3, -0.25) is 9.71 Å². The first kappa shape index (κ1) is 14.9. The lowest BCUT2D eigenvalue weighted by Crippen LogP contribution is -2.13. The predicted molar refractivity (Wildman–Crippen MR) is 81.9 cm³/mol. The molecule has 0 aliphatic heterocycles. The minimum absolute atomic E-state index is 0.0103. The maximum Gasteiger partial charge on any atom is 0.417 e. The lowest BCUT2D eigenvalue weighted by molar-refractivity contribution is 0.555. The lowest BCUT2D eigenvalue weighted by Gasteiger charge is -2.08. The van der Waals surface area contributed by atoms with Crippen LogP contribution < -0.4 is 10.5 Å². The highest BCUT2D eigenvalue weighted by Crippen LogP contribution is 2.24. The van der Waals surface area contributed by atoms with Gasteiger partial charge in [-0.2, -0.15) is 0 Å². The zero-order valence-corrected chi connectivity index (χ0v) is 13.0. The van der Waals surface area contributed by atoms with E-state index in [0.717, 1.165) is 6.20 Å². The Labute approximate surface area is 133 Å². The number of halogens is 2. The van der Waals surface area contributed by atoms with E-state index in [4.69, 9.17) is 27.6 Å². The average molecular weight is 360 g/mol. The Kier molecular flexibility index (Phi) is 3.59. The minimum atomic E-state index is -3.90. The average Bonchev–Trinajstić information content (AvgIpc) is 2.80. The maximum absolute atomic E-state index is 12.3. The molecule has 114 valence electrons. The fourth-order valence-electron chi connectivity index (χ4n) is 1.77. The van der Waals surface area contributed by atoms with Gasteiger partial charge in [0.2, 0.25) is 0 Å². The fourth-order valence-corrected chi connectivity index (χ4v) is 3.13. The van der Waals surface area contributed by atoms with Gasteiger partial charge in [-0.05, 0) is 18.2 Å². The number of sulfonamides is 1. The van der Waals surface area contributed by atoms with Crippen molar-refractivity contribution in [3.63, 3.8) is 0 Å². The third-order valence-electron chi connectivity index (χ3n) is 2.75. The normalized spacial score (nSPS) is 11.7. The second kappa shape index (κ2) is 5.31. The highest BCUT2D eigenvalue weighted by atomic mass is 35.5. The number of nitrogens with zero attached hydrogens (tertiary/aromatic N) is 1. The predicted octanol–water partition coefficient (Wildman–Crippen LogP) is 2.62. The number of benzene rings is 1. The first-order valence-electron chi connectivity index (χ1n) is 5.82. The first-order chi connectivity index (χ1) is 10.3. The van der Waals surface area contributed by atoms with Gasteiger partial charge in [0.1, 0.15) is 10.0 Å². The van der Waals surface area contributed by atoms with Crippen LogP contribution in [0.25, 0.3) is 11.1 Å². The number of oxazole rings is 1. The van der Waals surface area contributed by atoms with Gasteiger partial charge in [0.05, 0.1) is 16.2 Å². The SMILES string of the molecule is O=c1[nH]c2ccc(NS(=O)(=O)c3cnc(Cl)c(Cl)c3)cc2o1. The van der Waals surface area contributed by atoms with E-state index in [2.05, 4.69) is 14.7 Å². The third kappa shape index (κ3) is 2.80. The number of fused-ring (bicyclic) bond motifs is 1. The summed E-state index contributed by atoms with van der Waals surface area (Å²) in [4.78, 5) is 17.1. The monoisotopic (exact) mass is 359 g/mol. The first-order valence-corrected chi connectivity index (χ1v) is 8.06. The summed E-state index contributed by atoms with van der Waals surface area (Å²) in [6.07, 6.45) is 1.09. The number of hydrogen-bond acceptors (Lipinski definition) is 5. The molecule has 3 aromatic rings. The van der Waals surface area contributed by atoms with Crippen molar-refractivity contribution in [2.75, 3.05) is 4.72 Å². The van der Waals surface area contributed by atoms with E-state index >= 15 is 0 Å². The van der Waals surface area contributed by atoms with Crippen molar-refractivity contribution in [2.24, 2.45) is 0 Å². The molecule has 3 rings (SSSR count). The summed E-state index contributed by atoms with van der Waals surface area (Å²) < 4.78 is 31.7. The number of pyridine rings is 1. The third-order valence-corrected chi connectivity index (χ3v) is 4.79. The molecule has 2 aromatic heterocycles. The molecule has 1 aromatic carbocycles. The zero-order chi connectivity index (χ0) is 15.9. The van der Waals surface area contributed by atoms with Crippen LogP contribution >= 0.6 is 23.2 Å². The van der Waals surface area contributed by atoms with E-state index in [1.54, 1.807) is 0 Å². The molecule has 0 saturated carbocycles. The maximum atomic E-state index is 12.3. The molecule has 2 heterocycles. The van der Waals surface area contributed by atoms with Crippen LogP contribution in [-0.2, 0) is 10.0 Å². The summed E-state index contributed by atoms with van der Waals surface area (Å²) in [5, 5.41) is 0.0350. The van der Waals surface area contributed by atoms with Crippen LogP contribution in [0.4, 0.5) is 5.69 Å². The summed E-state index contributed by atoms with van der Waals surface area (Å²) in [5.41, 5.74) is 0.919. The van der Waals surface area contributed by atoms with Crippen LogP contribution in [0.3, 0.4) is 0 Å². The second-order valence-electron chi connectivity index (χ2n) is 4.27. The Morgan fingerprint density at radius 1 is 1.23 bits per heavy atom. The van der Waals surface area contributed by atoms with Crippen molar-refractivity contribution in [3.8, 4) is 0 Å². The van der Waals surface area contributed by atoms with Crippen molar-refractivity contribution < 1.29 is 12.8 Å². The van der Waals surface area contributed by atoms with Crippen molar-refractivity contribution in [1.82, 2.24) is 9.97 Å². The number of anilines is 1. The Balaban J connectivity index is 1.98. The number of nitrogens with one attached hydrogen (secondary N) is 2. The number of aromatic nitrogens is 2. The molecule has 10 heteroatoms. The molecule has 0 aliphatic rings. The Morgan fingerprint density at radius 2 is 2.00 bits per heavy atom.